The third kappa shape index (κ3) is 66.5. The third-order valence-electron chi connectivity index (χ3n) is 14.5. The average Bonchev–Trinajstić information content (AvgIpc) is 3.47. The molecule has 0 amide bonds. The van der Waals surface area contributed by atoms with Gasteiger partial charge in [-0.05, 0) is 109 Å². The largest absolute Gasteiger partial charge is 0.462 e. The van der Waals surface area contributed by atoms with Crippen LogP contribution in [-0.4, -0.2) is 37.2 Å². The molecule has 0 aromatic rings. The van der Waals surface area contributed by atoms with Crippen LogP contribution in [0.3, 0.4) is 0 Å². The molecule has 0 aliphatic carbocycles. The van der Waals surface area contributed by atoms with E-state index in [-0.39, 0.29) is 37.5 Å². The van der Waals surface area contributed by atoms with E-state index < -0.39 is 6.10 Å². The number of carbonyl (C=O) groups is 3. The zero-order chi connectivity index (χ0) is 58.5. The topological polar surface area (TPSA) is 78.9 Å². The molecule has 0 bridgehead atoms. The Morgan fingerprint density at radius 2 is 0.494 bits per heavy atom. The second-order valence-corrected chi connectivity index (χ2v) is 22.4. The van der Waals surface area contributed by atoms with Crippen LogP contribution in [-0.2, 0) is 28.6 Å². The van der Waals surface area contributed by atoms with Gasteiger partial charge < -0.3 is 14.2 Å². The highest BCUT2D eigenvalue weighted by Crippen LogP contribution is 2.16. The Bertz CT molecular complexity index is 1670. The summed E-state index contributed by atoms with van der Waals surface area (Å²) in [5.74, 6) is -0.958. The van der Waals surface area contributed by atoms with Gasteiger partial charge in [0.05, 0.1) is 0 Å². The van der Waals surface area contributed by atoms with E-state index in [2.05, 4.69) is 142 Å². The lowest BCUT2D eigenvalue weighted by Crippen LogP contribution is -2.30. The quantitative estimate of drug-likeness (QED) is 0.0261. The molecule has 0 saturated carbocycles. The Morgan fingerprint density at radius 1 is 0.259 bits per heavy atom. The van der Waals surface area contributed by atoms with Gasteiger partial charge in [-0.2, -0.15) is 0 Å². The first-order chi connectivity index (χ1) is 40.0. The van der Waals surface area contributed by atoms with Crippen molar-refractivity contribution < 1.29 is 28.6 Å². The maximum absolute atomic E-state index is 12.9. The summed E-state index contributed by atoms with van der Waals surface area (Å²) in [7, 11) is 0. The van der Waals surface area contributed by atoms with Gasteiger partial charge in [0.1, 0.15) is 13.2 Å². The van der Waals surface area contributed by atoms with Gasteiger partial charge in [-0.25, -0.2) is 0 Å². The molecular formula is C75H126O6. The van der Waals surface area contributed by atoms with Gasteiger partial charge in [-0.15, -0.1) is 0 Å². The minimum Gasteiger partial charge on any atom is -0.462 e. The Kier molecular flexibility index (Phi) is 64.8. The number of carbonyl (C=O) groups excluding carboxylic acids is 3. The maximum atomic E-state index is 12.9. The first kappa shape index (κ1) is 76.8. The fourth-order valence-electron chi connectivity index (χ4n) is 9.38. The van der Waals surface area contributed by atoms with Crippen LogP contribution in [0.4, 0.5) is 0 Å². The number of unbranched alkanes of at least 4 members (excludes halogenated alkanes) is 30. The Balaban J connectivity index is 4.45. The molecule has 1 unspecified atom stereocenters. The lowest BCUT2D eigenvalue weighted by atomic mass is 10.0. The molecule has 6 nitrogen and oxygen atoms in total. The monoisotopic (exact) mass is 1120 g/mol. The average molecular weight is 1120 g/mol. The Morgan fingerprint density at radius 3 is 0.815 bits per heavy atom. The molecule has 0 N–H and O–H groups in total. The molecule has 0 aromatic carbocycles. The van der Waals surface area contributed by atoms with Crippen LogP contribution in [0.2, 0.25) is 0 Å². The zero-order valence-electron chi connectivity index (χ0n) is 53.0. The third-order valence-corrected chi connectivity index (χ3v) is 14.5. The predicted molar refractivity (Wildman–Crippen MR) is 353 cm³/mol. The van der Waals surface area contributed by atoms with E-state index >= 15 is 0 Å². The first-order valence-corrected chi connectivity index (χ1v) is 34.0. The van der Waals surface area contributed by atoms with Crippen molar-refractivity contribution in [2.45, 2.75) is 322 Å². The van der Waals surface area contributed by atoms with Crippen LogP contribution in [0.5, 0.6) is 0 Å². The summed E-state index contributed by atoms with van der Waals surface area (Å²) in [6.45, 7) is 6.50. The number of rotatable bonds is 61. The molecular weight excluding hydrogens is 997 g/mol. The molecule has 0 rings (SSSR count). The molecule has 0 aliphatic heterocycles. The SMILES string of the molecule is CC/C=C\C/C=C\C/C=C\C/C=C\C/C=C\C/C=C\C/C=C\C/C=C\C/C=C\CCCC(=O)OCC(COC(=O)CCCCCCC/C=C\CCCCCCCCC)OC(=O)CCCCCCCCCCCCCCCCCCCC. The van der Waals surface area contributed by atoms with Crippen molar-refractivity contribution in [3.8, 4) is 0 Å². The van der Waals surface area contributed by atoms with Crippen molar-refractivity contribution >= 4 is 17.9 Å². The summed E-state index contributed by atoms with van der Waals surface area (Å²) in [6.07, 6.45) is 95.0. The van der Waals surface area contributed by atoms with Gasteiger partial charge in [0.15, 0.2) is 6.10 Å². The van der Waals surface area contributed by atoms with Gasteiger partial charge in [-0.1, -0.05) is 309 Å². The standard InChI is InChI=1S/C75H126O6/c1-4-7-10-13-16-19-22-25-28-31-33-34-35-36-37-38-39-40-41-42-43-45-47-50-53-56-59-62-65-68-74(77)80-71-72(70-79-73(76)67-64-61-58-55-52-49-46-30-27-24-21-18-15-12-9-6-3)81-75(78)69-66-63-60-57-54-51-48-44-32-29-26-23-20-17-14-11-8-5-2/h7,10,16,19,25,28,30,33-34,36-37,39-40,42-43,46-47,50,56,59,72H,4-6,8-9,11-15,17-18,20-24,26-27,29,31-32,35,38,41,44-45,48-49,51-55,57-58,60-71H2,1-3H3/b10-7-,19-16-,28-25-,34-33-,37-36-,40-39-,43-42-,46-30-,50-47-,59-56-. The van der Waals surface area contributed by atoms with Gasteiger partial charge in [-0.3, -0.25) is 14.4 Å². The van der Waals surface area contributed by atoms with E-state index in [1.165, 1.54) is 161 Å². The van der Waals surface area contributed by atoms with Gasteiger partial charge >= 0.3 is 17.9 Å². The lowest BCUT2D eigenvalue weighted by Gasteiger charge is -2.18. The van der Waals surface area contributed by atoms with Gasteiger partial charge in [0.2, 0.25) is 0 Å². The Labute approximate surface area is 501 Å². The van der Waals surface area contributed by atoms with Crippen molar-refractivity contribution in [2.75, 3.05) is 13.2 Å². The van der Waals surface area contributed by atoms with Crippen molar-refractivity contribution in [3.63, 3.8) is 0 Å². The molecule has 0 fully saturated rings. The summed E-state index contributed by atoms with van der Waals surface area (Å²) in [5.41, 5.74) is 0. The number of hydrogen-bond donors (Lipinski definition) is 0. The second-order valence-electron chi connectivity index (χ2n) is 22.4. The molecule has 81 heavy (non-hydrogen) atoms. The van der Waals surface area contributed by atoms with E-state index in [9.17, 15) is 14.4 Å². The van der Waals surface area contributed by atoms with Crippen molar-refractivity contribution in [2.24, 2.45) is 0 Å². The predicted octanol–water partition coefficient (Wildman–Crippen LogP) is 23.6. The van der Waals surface area contributed by atoms with Crippen LogP contribution in [0.15, 0.2) is 122 Å². The zero-order valence-corrected chi connectivity index (χ0v) is 53.0. The number of hydrogen-bond acceptors (Lipinski definition) is 6. The summed E-state index contributed by atoms with van der Waals surface area (Å²) in [5, 5.41) is 0. The van der Waals surface area contributed by atoms with Crippen molar-refractivity contribution in [1.82, 2.24) is 0 Å². The number of allylic oxidation sites excluding steroid dienone is 20. The minimum atomic E-state index is -0.807. The van der Waals surface area contributed by atoms with Crippen LogP contribution in [0.1, 0.15) is 316 Å². The molecule has 0 spiro atoms. The molecule has 0 heterocycles. The fraction of sp³-hybridized carbons (Fsp3) is 0.693. The molecule has 1 atom stereocenters. The highest BCUT2D eigenvalue weighted by atomic mass is 16.6. The van der Waals surface area contributed by atoms with E-state index in [0.29, 0.717) is 19.3 Å². The molecule has 0 radical (unpaired) electrons. The van der Waals surface area contributed by atoms with Crippen LogP contribution in [0.25, 0.3) is 0 Å². The van der Waals surface area contributed by atoms with E-state index in [1.807, 2.05) is 0 Å². The summed E-state index contributed by atoms with van der Waals surface area (Å²) < 4.78 is 16.9. The van der Waals surface area contributed by atoms with Crippen LogP contribution in [0, 0.1) is 0 Å². The first-order valence-electron chi connectivity index (χ1n) is 34.0. The smallest absolute Gasteiger partial charge is 0.306 e. The molecule has 0 aliphatic rings. The highest BCUT2D eigenvalue weighted by molar-refractivity contribution is 5.71. The van der Waals surface area contributed by atoms with Crippen LogP contribution >= 0.6 is 0 Å². The fourth-order valence-corrected chi connectivity index (χ4v) is 9.38. The molecule has 0 saturated heterocycles. The van der Waals surface area contributed by atoms with Crippen molar-refractivity contribution in [3.05, 3.63) is 122 Å². The second kappa shape index (κ2) is 68.3. The van der Waals surface area contributed by atoms with Crippen molar-refractivity contribution in [1.29, 1.82) is 0 Å². The van der Waals surface area contributed by atoms with E-state index in [4.69, 9.17) is 14.2 Å². The molecule has 6 heteroatoms. The van der Waals surface area contributed by atoms with Crippen LogP contribution < -0.4 is 0 Å². The molecule has 0 aromatic heterocycles. The Hall–Kier alpha value is -4.19. The highest BCUT2D eigenvalue weighted by Gasteiger charge is 2.19. The summed E-state index contributed by atoms with van der Waals surface area (Å²) in [4.78, 5) is 38.4. The summed E-state index contributed by atoms with van der Waals surface area (Å²) >= 11 is 0. The number of ether oxygens (including phenoxy) is 3. The van der Waals surface area contributed by atoms with E-state index in [1.54, 1.807) is 0 Å². The van der Waals surface area contributed by atoms with E-state index in [0.717, 1.165) is 109 Å². The minimum absolute atomic E-state index is 0.0995. The van der Waals surface area contributed by atoms with Gasteiger partial charge in [0.25, 0.3) is 0 Å². The lowest BCUT2D eigenvalue weighted by molar-refractivity contribution is -0.167. The summed E-state index contributed by atoms with van der Waals surface area (Å²) in [6, 6.07) is 0. The van der Waals surface area contributed by atoms with Gasteiger partial charge in [0, 0.05) is 19.3 Å². The maximum Gasteiger partial charge on any atom is 0.306 e. The normalized spacial score (nSPS) is 12.9. The number of esters is 3. The molecule has 462 valence electrons.